The predicted molar refractivity (Wildman–Crippen MR) is 128 cm³/mol. The highest BCUT2D eigenvalue weighted by molar-refractivity contribution is 5.59. The average molecular weight is 423 g/mol. The van der Waals surface area contributed by atoms with Gasteiger partial charge in [0.1, 0.15) is 0 Å². The fourth-order valence-corrected chi connectivity index (χ4v) is 4.53. The molecule has 2 aromatic carbocycles. The molecule has 160 valence electrons. The van der Waals surface area contributed by atoms with E-state index in [0.29, 0.717) is 11.6 Å². The molecule has 0 fully saturated rings. The van der Waals surface area contributed by atoms with Crippen molar-refractivity contribution >= 4 is 5.95 Å². The van der Waals surface area contributed by atoms with Gasteiger partial charge in [-0.05, 0) is 36.1 Å². The summed E-state index contributed by atoms with van der Waals surface area (Å²) in [6.45, 7) is 2.46. The average Bonchev–Trinajstić information content (AvgIpc) is 2.86. The predicted octanol–water partition coefficient (Wildman–Crippen LogP) is 4.74. The van der Waals surface area contributed by atoms with Crippen LogP contribution in [0.5, 0.6) is 0 Å². The van der Waals surface area contributed by atoms with Crippen molar-refractivity contribution in [2.45, 2.75) is 25.3 Å². The first-order chi connectivity index (χ1) is 15.8. The molecule has 3 heterocycles. The minimum Gasteiger partial charge on any atom is -0.342 e. The number of nitrogens with zero attached hydrogens (tertiary/aromatic N) is 4. The Labute approximate surface area is 188 Å². The van der Waals surface area contributed by atoms with E-state index in [9.17, 15) is 4.79 Å². The van der Waals surface area contributed by atoms with Gasteiger partial charge in [-0.15, -0.1) is 0 Å². The summed E-state index contributed by atoms with van der Waals surface area (Å²) in [5, 5.41) is 0. The molecule has 1 aliphatic heterocycles. The summed E-state index contributed by atoms with van der Waals surface area (Å²) in [6, 6.07) is 26.8. The highest BCUT2D eigenvalue weighted by atomic mass is 16.1. The SMILES string of the molecule is O=c1cc(-c2ccncc2)nc2n1CCCN2CCC(c1ccccc1)c1ccccc1. The standard InChI is InChI=1S/C27H26N4O/c32-26-20-25(23-12-15-28-16-13-23)29-27-30(17-7-18-31(26)27)19-14-24(21-8-3-1-4-9-21)22-10-5-2-6-11-22/h1-6,8-13,15-16,20,24H,7,14,17-19H2. The quantitative estimate of drug-likeness (QED) is 0.450. The van der Waals surface area contributed by atoms with Gasteiger partial charge in [0.05, 0.1) is 5.69 Å². The van der Waals surface area contributed by atoms with Gasteiger partial charge < -0.3 is 4.90 Å². The second-order valence-electron chi connectivity index (χ2n) is 8.17. The molecule has 0 unspecified atom stereocenters. The number of hydrogen-bond donors (Lipinski definition) is 0. The van der Waals surface area contributed by atoms with Crippen molar-refractivity contribution < 1.29 is 0 Å². The Morgan fingerprint density at radius 3 is 2.16 bits per heavy atom. The molecule has 0 atom stereocenters. The van der Waals surface area contributed by atoms with E-state index in [2.05, 4.69) is 70.5 Å². The van der Waals surface area contributed by atoms with Gasteiger partial charge in [0.15, 0.2) is 0 Å². The maximum atomic E-state index is 12.9. The molecule has 2 aromatic heterocycles. The summed E-state index contributed by atoms with van der Waals surface area (Å²) in [5.41, 5.74) is 4.25. The van der Waals surface area contributed by atoms with Crippen molar-refractivity contribution in [3.8, 4) is 11.3 Å². The van der Waals surface area contributed by atoms with Crippen LogP contribution in [0.3, 0.4) is 0 Å². The van der Waals surface area contributed by atoms with Crippen LogP contribution in [0.25, 0.3) is 11.3 Å². The number of rotatable bonds is 6. The van der Waals surface area contributed by atoms with Crippen LogP contribution in [-0.4, -0.2) is 27.6 Å². The van der Waals surface area contributed by atoms with Crippen molar-refractivity contribution in [1.29, 1.82) is 0 Å². The molecule has 0 spiro atoms. The molecule has 5 nitrogen and oxygen atoms in total. The van der Waals surface area contributed by atoms with Gasteiger partial charge in [-0.2, -0.15) is 0 Å². The minimum absolute atomic E-state index is 0.00850. The van der Waals surface area contributed by atoms with E-state index in [0.717, 1.165) is 44.0 Å². The third kappa shape index (κ3) is 4.19. The summed E-state index contributed by atoms with van der Waals surface area (Å²) in [4.78, 5) is 24.1. The third-order valence-electron chi connectivity index (χ3n) is 6.15. The monoisotopic (exact) mass is 422 g/mol. The lowest BCUT2D eigenvalue weighted by Crippen LogP contribution is -2.39. The first-order valence-electron chi connectivity index (χ1n) is 11.2. The first-order valence-corrected chi connectivity index (χ1v) is 11.2. The molecule has 0 saturated heterocycles. The van der Waals surface area contributed by atoms with Gasteiger partial charge >= 0.3 is 0 Å². The van der Waals surface area contributed by atoms with E-state index in [-0.39, 0.29) is 5.56 Å². The summed E-state index contributed by atoms with van der Waals surface area (Å²) in [5.74, 6) is 1.07. The van der Waals surface area contributed by atoms with Crippen LogP contribution in [-0.2, 0) is 6.54 Å². The van der Waals surface area contributed by atoms with Crippen molar-refractivity contribution in [2.75, 3.05) is 18.0 Å². The molecule has 4 aromatic rings. The highest BCUT2D eigenvalue weighted by Gasteiger charge is 2.23. The summed E-state index contributed by atoms with van der Waals surface area (Å²) in [7, 11) is 0. The first kappa shape index (κ1) is 20.2. The van der Waals surface area contributed by atoms with E-state index in [1.807, 2.05) is 16.7 Å². The van der Waals surface area contributed by atoms with Crippen LogP contribution in [0.2, 0.25) is 0 Å². The van der Waals surface area contributed by atoms with Crippen LogP contribution in [0.15, 0.2) is 96.1 Å². The number of hydrogen-bond acceptors (Lipinski definition) is 4. The zero-order chi connectivity index (χ0) is 21.8. The maximum Gasteiger partial charge on any atom is 0.255 e. The fraction of sp³-hybridized carbons (Fsp3) is 0.222. The van der Waals surface area contributed by atoms with Gasteiger partial charge in [0.2, 0.25) is 5.95 Å². The Balaban J connectivity index is 1.45. The molecular weight excluding hydrogens is 396 g/mol. The van der Waals surface area contributed by atoms with Crippen molar-refractivity contribution in [3.63, 3.8) is 0 Å². The zero-order valence-electron chi connectivity index (χ0n) is 18.0. The van der Waals surface area contributed by atoms with E-state index in [1.165, 1.54) is 11.1 Å². The van der Waals surface area contributed by atoms with Crippen LogP contribution in [0.4, 0.5) is 5.95 Å². The normalized spacial score (nSPS) is 13.2. The second kappa shape index (κ2) is 9.18. The Hall–Kier alpha value is -3.73. The van der Waals surface area contributed by atoms with Gasteiger partial charge in [-0.25, -0.2) is 4.98 Å². The lowest BCUT2D eigenvalue weighted by atomic mass is 9.88. The molecule has 0 bridgehead atoms. The molecule has 0 radical (unpaired) electrons. The number of fused-ring (bicyclic) bond motifs is 1. The Morgan fingerprint density at radius 1 is 0.844 bits per heavy atom. The summed E-state index contributed by atoms with van der Waals surface area (Å²) in [6.07, 6.45) is 5.36. The number of pyridine rings is 1. The Morgan fingerprint density at radius 2 is 1.50 bits per heavy atom. The fourth-order valence-electron chi connectivity index (χ4n) is 4.53. The highest BCUT2D eigenvalue weighted by Crippen LogP contribution is 2.29. The molecule has 5 heteroatoms. The van der Waals surface area contributed by atoms with Gasteiger partial charge in [-0.1, -0.05) is 60.7 Å². The second-order valence-corrected chi connectivity index (χ2v) is 8.17. The van der Waals surface area contributed by atoms with Crippen LogP contribution < -0.4 is 10.5 Å². The maximum absolute atomic E-state index is 12.9. The summed E-state index contributed by atoms with van der Waals surface area (Å²) >= 11 is 0. The van der Waals surface area contributed by atoms with E-state index in [1.54, 1.807) is 18.5 Å². The Bertz CT molecular complexity index is 1180. The van der Waals surface area contributed by atoms with E-state index >= 15 is 0 Å². The Kier molecular flexibility index (Phi) is 5.79. The smallest absolute Gasteiger partial charge is 0.255 e. The molecule has 5 rings (SSSR count). The van der Waals surface area contributed by atoms with E-state index < -0.39 is 0 Å². The molecule has 0 N–H and O–H groups in total. The van der Waals surface area contributed by atoms with Crippen molar-refractivity contribution in [3.05, 3.63) is 113 Å². The van der Waals surface area contributed by atoms with Gasteiger partial charge in [0.25, 0.3) is 5.56 Å². The lowest BCUT2D eigenvalue weighted by Gasteiger charge is -2.32. The van der Waals surface area contributed by atoms with Crippen LogP contribution in [0.1, 0.15) is 29.9 Å². The minimum atomic E-state index is 0.00850. The van der Waals surface area contributed by atoms with Gasteiger partial charge in [0, 0.05) is 49.6 Å². The molecule has 1 aliphatic rings. The third-order valence-corrected chi connectivity index (χ3v) is 6.15. The molecule has 32 heavy (non-hydrogen) atoms. The number of anilines is 1. The molecule has 0 amide bonds. The zero-order valence-corrected chi connectivity index (χ0v) is 18.0. The van der Waals surface area contributed by atoms with Crippen LogP contribution in [0, 0.1) is 0 Å². The number of benzene rings is 2. The lowest BCUT2D eigenvalue weighted by molar-refractivity contribution is 0.520. The molecule has 0 saturated carbocycles. The van der Waals surface area contributed by atoms with Crippen molar-refractivity contribution in [2.24, 2.45) is 0 Å². The molecule has 0 aliphatic carbocycles. The van der Waals surface area contributed by atoms with E-state index in [4.69, 9.17) is 4.98 Å². The van der Waals surface area contributed by atoms with Gasteiger partial charge in [-0.3, -0.25) is 14.3 Å². The number of aromatic nitrogens is 3. The topological polar surface area (TPSA) is 51.0 Å². The van der Waals surface area contributed by atoms with Crippen LogP contribution >= 0.6 is 0 Å². The largest absolute Gasteiger partial charge is 0.342 e. The summed E-state index contributed by atoms with van der Waals surface area (Å²) < 4.78 is 1.81. The van der Waals surface area contributed by atoms with Crippen molar-refractivity contribution in [1.82, 2.24) is 14.5 Å². The molecular formula is C27H26N4O.